The molecule has 0 N–H and O–H groups in total. The molecule has 78 valence electrons. The van der Waals surface area contributed by atoms with Gasteiger partial charge in [-0.05, 0) is 0 Å². The maximum Gasteiger partial charge on any atom is 0.233 e. The van der Waals surface area contributed by atoms with Crippen LogP contribution in [0.15, 0.2) is 60.7 Å². The Kier molecular flexibility index (Phi) is 2.92. The van der Waals surface area contributed by atoms with Gasteiger partial charge in [0.25, 0.3) is 0 Å². The van der Waals surface area contributed by atoms with Crippen LogP contribution in [0, 0.1) is 0 Å². The lowest BCUT2D eigenvalue weighted by atomic mass is 10.1. The number of hydrogen-bond donors (Lipinski definition) is 0. The minimum atomic E-state index is -0.466. The summed E-state index contributed by atoms with van der Waals surface area (Å²) >= 11 is 0. The van der Waals surface area contributed by atoms with Crippen LogP contribution in [-0.2, 0) is 0 Å². The summed E-state index contributed by atoms with van der Waals surface area (Å²) in [6.45, 7) is 0. The maximum atomic E-state index is 11.8. The van der Waals surface area contributed by atoms with E-state index in [1.165, 1.54) is 0 Å². The molecule has 0 saturated carbocycles. The van der Waals surface area contributed by atoms with Gasteiger partial charge in [-0.25, -0.2) is 0 Å². The lowest BCUT2D eigenvalue weighted by Gasteiger charge is -1.99. The van der Waals surface area contributed by atoms with Crippen molar-refractivity contribution in [3.8, 4) is 0 Å². The third kappa shape index (κ3) is 2.06. The Morgan fingerprint density at radius 3 is 1.19 bits per heavy atom. The van der Waals surface area contributed by atoms with Gasteiger partial charge in [0, 0.05) is 11.1 Å². The summed E-state index contributed by atoms with van der Waals surface area (Å²) in [6.07, 6.45) is 0. The Balaban J connectivity index is 2.28. The van der Waals surface area contributed by atoms with E-state index in [-0.39, 0.29) is 0 Å². The van der Waals surface area contributed by atoms with Gasteiger partial charge in [-0.3, -0.25) is 9.59 Å². The van der Waals surface area contributed by atoms with E-state index in [1.807, 2.05) is 12.1 Å². The fourth-order valence-electron chi connectivity index (χ4n) is 1.44. The summed E-state index contributed by atoms with van der Waals surface area (Å²) < 4.78 is 0. The molecule has 0 aliphatic heterocycles. The first-order valence-corrected chi connectivity index (χ1v) is 4.98. The molecular formula is C14H10O2. The van der Waals surface area contributed by atoms with Crippen molar-refractivity contribution >= 4 is 11.6 Å². The fourth-order valence-corrected chi connectivity index (χ4v) is 1.44. The van der Waals surface area contributed by atoms with Crippen molar-refractivity contribution < 1.29 is 9.59 Å². The van der Waals surface area contributed by atoms with Crippen LogP contribution in [-0.4, -0.2) is 11.6 Å². The Morgan fingerprint density at radius 1 is 0.562 bits per heavy atom. The van der Waals surface area contributed by atoms with E-state index in [4.69, 9.17) is 0 Å². The summed E-state index contributed by atoms with van der Waals surface area (Å²) in [5.41, 5.74) is 0.854. The van der Waals surface area contributed by atoms with Crippen LogP contribution in [0.3, 0.4) is 0 Å². The minimum Gasteiger partial charge on any atom is -0.285 e. The van der Waals surface area contributed by atoms with Crippen LogP contribution in [0.5, 0.6) is 0 Å². The molecule has 0 fully saturated rings. The van der Waals surface area contributed by atoms with Crippen molar-refractivity contribution in [2.24, 2.45) is 0 Å². The van der Waals surface area contributed by atoms with Gasteiger partial charge in [0.2, 0.25) is 11.6 Å². The Labute approximate surface area is 93.5 Å². The highest BCUT2D eigenvalue weighted by molar-refractivity contribution is 6.49. The van der Waals surface area contributed by atoms with E-state index in [1.54, 1.807) is 48.5 Å². The SMILES string of the molecule is O=C(c1ccccc1)[13C](=O)c1ccccc1. The van der Waals surface area contributed by atoms with E-state index in [0.717, 1.165) is 0 Å². The summed E-state index contributed by atoms with van der Waals surface area (Å²) in [6, 6.07) is 17.2. The van der Waals surface area contributed by atoms with Crippen molar-refractivity contribution in [2.45, 2.75) is 0 Å². The summed E-state index contributed by atoms with van der Waals surface area (Å²) in [7, 11) is 0. The topological polar surface area (TPSA) is 34.1 Å². The van der Waals surface area contributed by atoms with Gasteiger partial charge in [0.1, 0.15) is 0 Å². The summed E-state index contributed by atoms with van der Waals surface area (Å²) in [4.78, 5) is 23.6. The van der Waals surface area contributed by atoms with E-state index in [9.17, 15) is 9.59 Å². The zero-order valence-electron chi connectivity index (χ0n) is 8.59. The van der Waals surface area contributed by atoms with Crippen LogP contribution in [0.1, 0.15) is 20.7 Å². The first-order valence-electron chi connectivity index (χ1n) is 4.98. The average molecular weight is 211 g/mol. The molecule has 0 aromatic heterocycles. The zero-order valence-corrected chi connectivity index (χ0v) is 8.59. The quantitative estimate of drug-likeness (QED) is 0.444. The van der Waals surface area contributed by atoms with E-state index < -0.39 is 11.6 Å². The van der Waals surface area contributed by atoms with Crippen molar-refractivity contribution in [3.63, 3.8) is 0 Å². The summed E-state index contributed by atoms with van der Waals surface area (Å²) in [5.74, 6) is -0.932. The number of benzene rings is 2. The third-order valence-corrected chi connectivity index (χ3v) is 2.28. The molecule has 0 bridgehead atoms. The maximum absolute atomic E-state index is 11.8. The Morgan fingerprint density at radius 2 is 0.875 bits per heavy atom. The van der Waals surface area contributed by atoms with Gasteiger partial charge in [-0.1, -0.05) is 60.7 Å². The number of Topliss-reactive ketones (excluding diaryl/α,β-unsaturated/α-hetero) is 2. The highest BCUT2D eigenvalue weighted by Gasteiger charge is 2.16. The van der Waals surface area contributed by atoms with Crippen LogP contribution in [0.25, 0.3) is 0 Å². The monoisotopic (exact) mass is 211 g/mol. The predicted octanol–water partition coefficient (Wildman–Crippen LogP) is 2.75. The standard InChI is InChI=1S/C14H10O2/c15-13(11-7-3-1-4-8-11)14(16)12-9-5-2-6-10-12/h1-10H/i13+1. The van der Waals surface area contributed by atoms with Crippen molar-refractivity contribution in [2.75, 3.05) is 0 Å². The van der Waals surface area contributed by atoms with E-state index >= 15 is 0 Å². The van der Waals surface area contributed by atoms with Gasteiger partial charge >= 0.3 is 0 Å². The van der Waals surface area contributed by atoms with Gasteiger partial charge in [-0.2, -0.15) is 0 Å². The lowest BCUT2D eigenvalue weighted by Crippen LogP contribution is -2.14. The highest BCUT2D eigenvalue weighted by atomic mass is 16.2. The molecule has 0 aliphatic rings. The molecular weight excluding hydrogens is 201 g/mol. The first-order chi connectivity index (χ1) is 7.79. The van der Waals surface area contributed by atoms with E-state index in [2.05, 4.69) is 0 Å². The Bertz CT molecular complexity index is 451. The van der Waals surface area contributed by atoms with Crippen molar-refractivity contribution in [1.82, 2.24) is 0 Å². The number of carbonyl (C=O) groups excluding carboxylic acids is 2. The van der Waals surface area contributed by atoms with Crippen LogP contribution < -0.4 is 0 Å². The van der Waals surface area contributed by atoms with Crippen LogP contribution in [0.2, 0.25) is 0 Å². The largest absolute Gasteiger partial charge is 0.285 e. The molecule has 0 heterocycles. The fraction of sp³-hybridized carbons (Fsp3) is 0. The summed E-state index contributed by atoms with van der Waals surface area (Å²) in [5, 5.41) is 0. The zero-order chi connectivity index (χ0) is 11.4. The second-order valence-electron chi connectivity index (χ2n) is 3.39. The first kappa shape index (κ1) is 10.3. The van der Waals surface area contributed by atoms with Gasteiger partial charge in [0.05, 0.1) is 0 Å². The molecule has 16 heavy (non-hydrogen) atoms. The second-order valence-corrected chi connectivity index (χ2v) is 3.39. The van der Waals surface area contributed by atoms with Gasteiger partial charge in [0.15, 0.2) is 0 Å². The number of ketones is 2. The predicted molar refractivity (Wildman–Crippen MR) is 61.5 cm³/mol. The minimum absolute atomic E-state index is 0.427. The van der Waals surface area contributed by atoms with E-state index in [0.29, 0.717) is 11.1 Å². The molecule has 0 atom stereocenters. The normalized spacial score (nSPS) is 9.75. The number of carbonyl (C=O) groups is 2. The number of hydrogen-bond acceptors (Lipinski definition) is 2. The molecule has 0 unspecified atom stereocenters. The van der Waals surface area contributed by atoms with Gasteiger partial charge < -0.3 is 0 Å². The van der Waals surface area contributed by atoms with Crippen LogP contribution >= 0.6 is 0 Å². The molecule has 0 aliphatic carbocycles. The highest BCUT2D eigenvalue weighted by Crippen LogP contribution is 2.07. The van der Waals surface area contributed by atoms with Crippen molar-refractivity contribution in [1.29, 1.82) is 0 Å². The van der Waals surface area contributed by atoms with Crippen molar-refractivity contribution in [3.05, 3.63) is 71.8 Å². The smallest absolute Gasteiger partial charge is 0.233 e. The molecule has 2 aromatic rings. The molecule has 2 rings (SSSR count). The Hall–Kier alpha value is -2.22. The molecule has 0 radical (unpaired) electrons. The molecule has 0 amide bonds. The number of rotatable bonds is 3. The molecule has 0 saturated heterocycles. The average Bonchev–Trinajstić information content (AvgIpc) is 2.39. The molecule has 2 aromatic carbocycles. The molecule has 0 spiro atoms. The molecule has 2 nitrogen and oxygen atoms in total. The third-order valence-electron chi connectivity index (χ3n) is 2.28. The van der Waals surface area contributed by atoms with Crippen LogP contribution in [0.4, 0.5) is 0 Å². The molecule has 2 heteroatoms. The second kappa shape index (κ2) is 4.53. The van der Waals surface area contributed by atoms with Gasteiger partial charge in [-0.15, -0.1) is 0 Å². The lowest BCUT2D eigenvalue weighted by molar-refractivity contribution is 0.0817.